The lowest BCUT2D eigenvalue weighted by molar-refractivity contribution is -0.139. The zero-order valence-electron chi connectivity index (χ0n) is 22.1. The number of esters is 1. The van der Waals surface area contributed by atoms with Gasteiger partial charge in [0.05, 0.1) is 6.61 Å². The van der Waals surface area contributed by atoms with Gasteiger partial charge in [-0.1, -0.05) is 42.3 Å². The van der Waals surface area contributed by atoms with Crippen molar-refractivity contribution in [3.63, 3.8) is 0 Å². The van der Waals surface area contributed by atoms with Gasteiger partial charge < -0.3 is 20.7 Å². The summed E-state index contributed by atoms with van der Waals surface area (Å²) in [5.41, 5.74) is 7.34. The second-order valence-electron chi connectivity index (χ2n) is 10.4. The number of benzene rings is 1. The van der Waals surface area contributed by atoms with Crippen molar-refractivity contribution >= 4 is 46.7 Å². The molecule has 2 aromatic rings. The topological polar surface area (TPSA) is 117 Å². The standard InChI is InChI=1S/C27H35Cl2N7O3/c1-2-19-16-35(25-23(29)32-22(24(30)33-25)26(37)31-21-9-14-39-27(21)38)12-13-36(19)20-7-10-34(11-8-20)15-17-3-5-18(28)6-4-17/h3-6,19-21H,2,7-16H2,1H3,(H2,30,33)(H,31,37)/t19-,21?/m0/s1. The highest BCUT2D eigenvalue weighted by molar-refractivity contribution is 6.32. The highest BCUT2D eigenvalue weighted by Crippen LogP contribution is 2.30. The van der Waals surface area contributed by atoms with Crippen LogP contribution in [0.15, 0.2) is 24.3 Å². The first-order chi connectivity index (χ1) is 18.8. The number of hydrogen-bond donors (Lipinski definition) is 2. The monoisotopic (exact) mass is 575 g/mol. The molecule has 0 radical (unpaired) electrons. The molecule has 4 heterocycles. The molecular formula is C27H35Cl2N7O3. The van der Waals surface area contributed by atoms with Crippen LogP contribution in [0.5, 0.6) is 0 Å². The number of nitrogens with one attached hydrogen (secondary N) is 1. The van der Waals surface area contributed by atoms with Crippen molar-refractivity contribution in [2.24, 2.45) is 0 Å². The molecular weight excluding hydrogens is 541 g/mol. The molecule has 2 atom stereocenters. The number of piperazine rings is 1. The first kappa shape index (κ1) is 27.9. The Balaban J connectivity index is 1.18. The number of nitrogens with zero attached hydrogens (tertiary/aromatic N) is 5. The number of aromatic nitrogens is 2. The lowest BCUT2D eigenvalue weighted by Gasteiger charge is -2.47. The van der Waals surface area contributed by atoms with E-state index in [0.29, 0.717) is 24.3 Å². The van der Waals surface area contributed by atoms with E-state index >= 15 is 0 Å². The molecule has 1 unspecified atom stereocenters. The quantitative estimate of drug-likeness (QED) is 0.480. The molecule has 1 aromatic heterocycles. The molecule has 0 bridgehead atoms. The first-order valence-electron chi connectivity index (χ1n) is 13.6. The summed E-state index contributed by atoms with van der Waals surface area (Å²) in [7, 11) is 0. The Hall–Kier alpha value is -2.66. The number of halogens is 2. The van der Waals surface area contributed by atoms with E-state index in [9.17, 15) is 9.59 Å². The van der Waals surface area contributed by atoms with Crippen molar-refractivity contribution in [1.29, 1.82) is 0 Å². The lowest BCUT2D eigenvalue weighted by Crippen LogP contribution is -2.58. The largest absolute Gasteiger partial charge is 0.464 e. The minimum atomic E-state index is -0.708. The summed E-state index contributed by atoms with van der Waals surface area (Å²) in [5, 5.41) is 3.50. The minimum Gasteiger partial charge on any atom is -0.464 e. The number of nitrogens with two attached hydrogens (primary N) is 1. The van der Waals surface area contributed by atoms with Gasteiger partial charge in [0.25, 0.3) is 5.91 Å². The molecule has 39 heavy (non-hydrogen) atoms. The number of anilines is 2. The van der Waals surface area contributed by atoms with Gasteiger partial charge >= 0.3 is 5.97 Å². The van der Waals surface area contributed by atoms with Crippen molar-refractivity contribution < 1.29 is 14.3 Å². The fourth-order valence-corrected chi connectivity index (χ4v) is 6.18. The molecule has 5 rings (SSSR count). The highest BCUT2D eigenvalue weighted by Gasteiger charge is 2.35. The SMILES string of the molecule is CC[C@H]1CN(c2nc(N)c(C(=O)NC3CCOC3=O)nc2Cl)CCN1C1CCN(Cc2ccc(Cl)cc2)CC1. The highest BCUT2D eigenvalue weighted by atomic mass is 35.5. The second-order valence-corrected chi connectivity index (χ2v) is 11.2. The molecule has 0 saturated carbocycles. The average Bonchev–Trinajstić information content (AvgIpc) is 3.35. The van der Waals surface area contributed by atoms with E-state index in [0.717, 1.165) is 63.6 Å². The number of nitrogen functional groups attached to an aromatic ring is 1. The molecule has 0 aliphatic carbocycles. The number of amides is 1. The van der Waals surface area contributed by atoms with Crippen molar-refractivity contribution in [2.45, 2.75) is 57.3 Å². The molecule has 3 aliphatic rings. The fourth-order valence-electron chi connectivity index (χ4n) is 5.80. The van der Waals surface area contributed by atoms with E-state index < -0.39 is 17.9 Å². The van der Waals surface area contributed by atoms with Gasteiger partial charge in [-0.3, -0.25) is 14.6 Å². The molecule has 210 valence electrons. The first-order valence-corrected chi connectivity index (χ1v) is 14.4. The summed E-state index contributed by atoms with van der Waals surface area (Å²) < 4.78 is 4.90. The molecule has 0 spiro atoms. The van der Waals surface area contributed by atoms with E-state index in [1.165, 1.54) is 5.56 Å². The summed E-state index contributed by atoms with van der Waals surface area (Å²) in [6.07, 6.45) is 3.68. The lowest BCUT2D eigenvalue weighted by atomic mass is 9.98. The van der Waals surface area contributed by atoms with Gasteiger partial charge in [0, 0.05) is 49.7 Å². The number of carbonyl (C=O) groups is 2. The maximum absolute atomic E-state index is 12.7. The van der Waals surface area contributed by atoms with Gasteiger partial charge in [-0.05, 0) is 50.0 Å². The molecule has 3 N–H and O–H groups in total. The number of likely N-dealkylation sites (tertiary alicyclic amines) is 1. The number of ether oxygens (including phenoxy) is 1. The molecule has 3 aliphatic heterocycles. The Morgan fingerprint density at radius 1 is 1.10 bits per heavy atom. The van der Waals surface area contributed by atoms with Crippen molar-refractivity contribution in [3.8, 4) is 0 Å². The van der Waals surface area contributed by atoms with Crippen molar-refractivity contribution in [3.05, 3.63) is 45.7 Å². The summed E-state index contributed by atoms with van der Waals surface area (Å²) >= 11 is 12.6. The summed E-state index contributed by atoms with van der Waals surface area (Å²) in [6, 6.07) is 8.30. The maximum atomic E-state index is 12.7. The third kappa shape index (κ3) is 6.40. The maximum Gasteiger partial charge on any atom is 0.328 e. The summed E-state index contributed by atoms with van der Waals surface area (Å²) in [4.78, 5) is 40.4. The fraction of sp³-hybridized carbons (Fsp3) is 0.556. The van der Waals surface area contributed by atoms with Crippen molar-refractivity contribution in [1.82, 2.24) is 25.1 Å². The zero-order chi connectivity index (χ0) is 27.5. The van der Waals surface area contributed by atoms with Crippen LogP contribution < -0.4 is 16.0 Å². The number of hydrogen-bond acceptors (Lipinski definition) is 9. The predicted molar refractivity (Wildman–Crippen MR) is 151 cm³/mol. The smallest absolute Gasteiger partial charge is 0.328 e. The molecule has 3 fully saturated rings. The normalized spacial score (nSPS) is 23.2. The summed E-state index contributed by atoms with van der Waals surface area (Å²) in [5.74, 6) is -0.576. The van der Waals surface area contributed by atoms with Crippen LogP contribution in [0.3, 0.4) is 0 Å². The van der Waals surface area contributed by atoms with Crippen LogP contribution in [-0.2, 0) is 16.1 Å². The van der Waals surface area contributed by atoms with Crippen LogP contribution in [0.2, 0.25) is 10.2 Å². The van der Waals surface area contributed by atoms with Crippen LogP contribution in [0.1, 0.15) is 48.7 Å². The van der Waals surface area contributed by atoms with E-state index in [2.05, 4.69) is 49.0 Å². The third-order valence-corrected chi connectivity index (χ3v) is 8.47. The van der Waals surface area contributed by atoms with Crippen LogP contribution in [0.25, 0.3) is 0 Å². The van der Waals surface area contributed by atoms with E-state index in [1.54, 1.807) is 0 Å². The molecule has 3 saturated heterocycles. The Morgan fingerprint density at radius 2 is 1.85 bits per heavy atom. The Labute approximate surface area is 238 Å². The second kappa shape index (κ2) is 12.2. The minimum absolute atomic E-state index is 0.0122. The molecule has 12 heteroatoms. The van der Waals surface area contributed by atoms with E-state index in [-0.39, 0.29) is 23.3 Å². The van der Waals surface area contributed by atoms with Gasteiger partial charge in [-0.25, -0.2) is 14.8 Å². The molecule has 1 amide bonds. The number of rotatable bonds is 7. The Morgan fingerprint density at radius 3 is 2.51 bits per heavy atom. The predicted octanol–water partition coefficient (Wildman–Crippen LogP) is 2.98. The third-order valence-electron chi connectivity index (χ3n) is 7.96. The van der Waals surface area contributed by atoms with Crippen LogP contribution >= 0.6 is 23.2 Å². The Kier molecular flexibility index (Phi) is 8.76. The number of cyclic esters (lactones) is 1. The zero-order valence-corrected chi connectivity index (χ0v) is 23.6. The summed E-state index contributed by atoms with van der Waals surface area (Å²) in [6.45, 7) is 7.97. The number of piperidine rings is 1. The number of carbonyl (C=O) groups excluding carboxylic acids is 2. The van der Waals surface area contributed by atoms with E-state index in [4.69, 9.17) is 33.7 Å². The van der Waals surface area contributed by atoms with E-state index in [1.807, 2.05) is 12.1 Å². The van der Waals surface area contributed by atoms with Gasteiger partial charge in [-0.2, -0.15) is 0 Å². The van der Waals surface area contributed by atoms with Crippen LogP contribution in [0, 0.1) is 0 Å². The van der Waals surface area contributed by atoms with Gasteiger partial charge in [0.15, 0.2) is 22.5 Å². The van der Waals surface area contributed by atoms with Gasteiger partial charge in [0.2, 0.25) is 0 Å². The average molecular weight is 577 g/mol. The van der Waals surface area contributed by atoms with Crippen molar-refractivity contribution in [2.75, 3.05) is 50.0 Å². The van der Waals surface area contributed by atoms with Gasteiger partial charge in [-0.15, -0.1) is 0 Å². The van der Waals surface area contributed by atoms with Crippen LogP contribution in [-0.4, -0.2) is 89.1 Å². The molecule has 1 aromatic carbocycles. The van der Waals surface area contributed by atoms with Crippen LogP contribution in [0.4, 0.5) is 11.6 Å². The Bertz CT molecular complexity index is 1190. The van der Waals surface area contributed by atoms with Gasteiger partial charge in [0.1, 0.15) is 6.04 Å². The molecule has 10 nitrogen and oxygen atoms in total.